The van der Waals surface area contributed by atoms with Gasteiger partial charge in [-0.3, -0.25) is 9.59 Å². The van der Waals surface area contributed by atoms with E-state index >= 15 is 0 Å². The Kier molecular flexibility index (Phi) is 5.21. The standard InChI is InChI=1S/C24H29N3O3/c28-14-18-19-13-27-20(12-11-17(24(27)30)15-7-3-1-4-8-15)22(26-19)21(18)23(29)25-16-9-5-2-6-10-16/h1,3-4,7-8,11-12,16,18-19,21-22,26,28H,2,5-6,9-10,13-14H2,(H,25,29)/t18-,19-,21+,22+/m1/s1. The van der Waals surface area contributed by atoms with Crippen molar-refractivity contribution >= 4 is 5.91 Å². The first-order valence-corrected chi connectivity index (χ1v) is 11.1. The first kappa shape index (κ1) is 19.5. The summed E-state index contributed by atoms with van der Waals surface area (Å²) in [6.07, 6.45) is 5.61. The van der Waals surface area contributed by atoms with Gasteiger partial charge in [0.2, 0.25) is 5.91 Å². The number of rotatable bonds is 4. The van der Waals surface area contributed by atoms with Gasteiger partial charge in [0, 0.05) is 42.4 Å². The molecular formula is C24H29N3O3. The Balaban J connectivity index is 1.47. The molecule has 6 nitrogen and oxygen atoms in total. The molecule has 0 spiro atoms. The van der Waals surface area contributed by atoms with Crippen molar-refractivity contribution in [2.75, 3.05) is 6.61 Å². The molecular weight excluding hydrogens is 378 g/mol. The number of hydrogen-bond acceptors (Lipinski definition) is 4. The van der Waals surface area contributed by atoms with Gasteiger partial charge in [0.15, 0.2) is 0 Å². The molecule has 2 bridgehead atoms. The molecule has 1 saturated heterocycles. The number of hydrogen-bond donors (Lipinski definition) is 3. The Morgan fingerprint density at radius 1 is 1.10 bits per heavy atom. The molecule has 3 N–H and O–H groups in total. The molecule has 2 aliphatic heterocycles. The lowest BCUT2D eigenvalue weighted by molar-refractivity contribution is -0.128. The van der Waals surface area contributed by atoms with Crippen LogP contribution < -0.4 is 16.2 Å². The summed E-state index contributed by atoms with van der Waals surface area (Å²) >= 11 is 0. The normalized spacial score (nSPS) is 28.2. The van der Waals surface area contributed by atoms with Crippen molar-refractivity contribution in [3.05, 3.63) is 58.5 Å². The van der Waals surface area contributed by atoms with E-state index in [1.165, 1.54) is 6.42 Å². The fraction of sp³-hybridized carbons (Fsp3) is 0.500. The van der Waals surface area contributed by atoms with Crippen molar-refractivity contribution in [2.24, 2.45) is 11.8 Å². The van der Waals surface area contributed by atoms with Crippen molar-refractivity contribution < 1.29 is 9.90 Å². The summed E-state index contributed by atoms with van der Waals surface area (Å²) in [5.74, 6) is -0.551. The predicted molar refractivity (Wildman–Crippen MR) is 115 cm³/mol. The highest BCUT2D eigenvalue weighted by Gasteiger charge is 2.51. The van der Waals surface area contributed by atoms with E-state index in [2.05, 4.69) is 10.6 Å². The molecule has 1 aromatic heterocycles. The first-order valence-electron chi connectivity index (χ1n) is 11.1. The van der Waals surface area contributed by atoms with Crippen LogP contribution in [0.4, 0.5) is 0 Å². The van der Waals surface area contributed by atoms with E-state index in [1.807, 2.05) is 47.0 Å². The fourth-order valence-corrected chi connectivity index (χ4v) is 5.63. The minimum atomic E-state index is -0.363. The van der Waals surface area contributed by atoms with E-state index in [9.17, 15) is 14.7 Å². The van der Waals surface area contributed by atoms with Crippen LogP contribution in [0.2, 0.25) is 0 Å². The van der Waals surface area contributed by atoms with Gasteiger partial charge >= 0.3 is 0 Å². The van der Waals surface area contributed by atoms with Crippen LogP contribution in [0.15, 0.2) is 47.3 Å². The van der Waals surface area contributed by atoms with Crippen LogP contribution in [0, 0.1) is 11.8 Å². The van der Waals surface area contributed by atoms with E-state index in [4.69, 9.17) is 0 Å². The third kappa shape index (κ3) is 3.28. The van der Waals surface area contributed by atoms with Gasteiger partial charge in [-0.2, -0.15) is 0 Å². The smallest absolute Gasteiger partial charge is 0.258 e. The maximum atomic E-state index is 13.3. The topological polar surface area (TPSA) is 83.4 Å². The maximum Gasteiger partial charge on any atom is 0.258 e. The predicted octanol–water partition coefficient (Wildman–Crippen LogP) is 2.22. The summed E-state index contributed by atoms with van der Waals surface area (Å²) in [5, 5.41) is 16.9. The first-order chi connectivity index (χ1) is 14.7. The van der Waals surface area contributed by atoms with Crippen LogP contribution in [0.25, 0.3) is 11.1 Å². The molecule has 4 atom stereocenters. The van der Waals surface area contributed by atoms with Gasteiger partial charge in [-0.15, -0.1) is 0 Å². The molecule has 158 valence electrons. The zero-order chi connectivity index (χ0) is 20.7. The summed E-state index contributed by atoms with van der Waals surface area (Å²) in [5.41, 5.74) is 2.38. The second kappa shape index (κ2) is 8.00. The van der Waals surface area contributed by atoms with Crippen LogP contribution in [0.3, 0.4) is 0 Å². The molecule has 3 aliphatic rings. The highest BCUT2D eigenvalue weighted by Crippen LogP contribution is 2.41. The van der Waals surface area contributed by atoms with Gasteiger partial charge in [-0.1, -0.05) is 49.6 Å². The maximum absolute atomic E-state index is 13.3. The van der Waals surface area contributed by atoms with Crippen molar-refractivity contribution in [1.82, 2.24) is 15.2 Å². The molecule has 2 aromatic rings. The van der Waals surface area contributed by atoms with Crippen molar-refractivity contribution in [1.29, 1.82) is 0 Å². The van der Waals surface area contributed by atoms with Crippen LogP contribution in [0.5, 0.6) is 0 Å². The molecule has 30 heavy (non-hydrogen) atoms. The van der Waals surface area contributed by atoms with E-state index < -0.39 is 0 Å². The number of amides is 1. The van der Waals surface area contributed by atoms with Crippen molar-refractivity contribution in [2.45, 2.75) is 56.8 Å². The number of carbonyl (C=O) groups excluding carboxylic acids is 1. The lowest BCUT2D eigenvalue weighted by atomic mass is 9.85. The molecule has 2 fully saturated rings. The van der Waals surface area contributed by atoms with Gasteiger partial charge < -0.3 is 20.3 Å². The Morgan fingerprint density at radius 3 is 2.60 bits per heavy atom. The molecule has 0 radical (unpaired) electrons. The SMILES string of the molecule is O=C(NC1CCCCC1)[C@H]1[C@H](CO)[C@H]2Cn3c(ccc(-c4ccccc4)c3=O)[C@@H]1N2. The Bertz CT molecular complexity index is 981. The Morgan fingerprint density at radius 2 is 1.87 bits per heavy atom. The van der Waals surface area contributed by atoms with Crippen LogP contribution in [-0.4, -0.2) is 34.3 Å². The van der Waals surface area contributed by atoms with Gasteiger partial charge in [0.1, 0.15) is 0 Å². The molecule has 5 rings (SSSR count). The van der Waals surface area contributed by atoms with E-state index in [1.54, 1.807) is 0 Å². The molecule has 1 amide bonds. The van der Waals surface area contributed by atoms with Crippen molar-refractivity contribution in [3.8, 4) is 11.1 Å². The number of fused-ring (bicyclic) bond motifs is 4. The summed E-state index contributed by atoms with van der Waals surface area (Å²) in [4.78, 5) is 26.6. The third-order valence-electron chi connectivity index (χ3n) is 7.19. The monoisotopic (exact) mass is 407 g/mol. The van der Waals surface area contributed by atoms with E-state index in [-0.39, 0.29) is 48.0 Å². The van der Waals surface area contributed by atoms with Gasteiger partial charge in [0.05, 0.1) is 12.0 Å². The zero-order valence-corrected chi connectivity index (χ0v) is 17.1. The number of aliphatic hydroxyl groups is 1. The highest BCUT2D eigenvalue weighted by atomic mass is 16.3. The second-order valence-electron chi connectivity index (χ2n) is 8.92. The minimum absolute atomic E-state index is 0.00832. The number of nitrogens with one attached hydrogen (secondary N) is 2. The largest absolute Gasteiger partial charge is 0.396 e. The van der Waals surface area contributed by atoms with Gasteiger partial charge in [0.25, 0.3) is 5.56 Å². The zero-order valence-electron chi connectivity index (χ0n) is 17.1. The molecule has 1 aliphatic carbocycles. The molecule has 3 heterocycles. The van der Waals surface area contributed by atoms with Crippen molar-refractivity contribution in [3.63, 3.8) is 0 Å². The molecule has 0 unspecified atom stereocenters. The third-order valence-corrected chi connectivity index (χ3v) is 7.19. The highest BCUT2D eigenvalue weighted by molar-refractivity contribution is 5.81. The lowest BCUT2D eigenvalue weighted by Gasteiger charge is -2.29. The summed E-state index contributed by atoms with van der Waals surface area (Å²) in [6, 6.07) is 13.4. The van der Waals surface area contributed by atoms with Gasteiger partial charge in [-0.05, 0) is 30.5 Å². The summed E-state index contributed by atoms with van der Waals surface area (Å²) < 4.78 is 1.81. The molecule has 1 saturated carbocycles. The number of benzene rings is 1. The second-order valence-corrected chi connectivity index (χ2v) is 8.92. The summed E-state index contributed by atoms with van der Waals surface area (Å²) in [6.45, 7) is 0.412. The Hall–Kier alpha value is -2.44. The van der Waals surface area contributed by atoms with Crippen LogP contribution in [-0.2, 0) is 11.3 Å². The fourth-order valence-electron chi connectivity index (χ4n) is 5.63. The van der Waals surface area contributed by atoms with E-state index in [0.717, 1.165) is 36.9 Å². The number of aromatic nitrogens is 1. The molecule has 6 heteroatoms. The van der Waals surface area contributed by atoms with Crippen LogP contribution in [0.1, 0.15) is 43.8 Å². The van der Waals surface area contributed by atoms with E-state index in [0.29, 0.717) is 12.1 Å². The quantitative estimate of drug-likeness (QED) is 0.726. The number of nitrogens with zero attached hydrogens (tertiary/aromatic N) is 1. The lowest BCUT2D eigenvalue weighted by Crippen LogP contribution is -2.44. The Labute approximate surface area is 176 Å². The molecule has 1 aromatic carbocycles. The average Bonchev–Trinajstić information content (AvgIpc) is 3.08. The number of carbonyl (C=O) groups is 1. The number of aliphatic hydroxyl groups excluding tert-OH is 1. The average molecular weight is 408 g/mol. The number of pyridine rings is 1. The van der Waals surface area contributed by atoms with Gasteiger partial charge in [-0.25, -0.2) is 0 Å². The summed E-state index contributed by atoms with van der Waals surface area (Å²) in [7, 11) is 0. The van der Waals surface area contributed by atoms with Crippen LogP contribution >= 0.6 is 0 Å². The minimum Gasteiger partial charge on any atom is -0.396 e.